The van der Waals surface area contributed by atoms with Crippen LogP contribution in [0, 0.1) is 5.82 Å². The van der Waals surface area contributed by atoms with Crippen molar-refractivity contribution in [3.63, 3.8) is 0 Å². The lowest BCUT2D eigenvalue weighted by atomic mass is 10.0. The Morgan fingerprint density at radius 3 is 2.94 bits per heavy atom. The van der Waals surface area contributed by atoms with Gasteiger partial charge in [-0.05, 0) is 37.1 Å². The van der Waals surface area contributed by atoms with E-state index < -0.39 is 6.04 Å². The second kappa shape index (κ2) is 4.85. The fraction of sp³-hybridized carbons (Fsp3) is 0.333. The highest BCUT2D eigenvalue weighted by Gasteiger charge is 2.19. The van der Waals surface area contributed by atoms with Crippen molar-refractivity contribution in [1.29, 1.82) is 0 Å². The van der Waals surface area contributed by atoms with E-state index in [1.54, 1.807) is 6.07 Å². The van der Waals surface area contributed by atoms with Gasteiger partial charge in [-0.3, -0.25) is 0 Å². The number of allylic oxidation sites excluding steroid dienone is 1. The van der Waals surface area contributed by atoms with Crippen molar-refractivity contribution in [3.8, 4) is 0 Å². The van der Waals surface area contributed by atoms with Crippen molar-refractivity contribution < 1.29 is 9.13 Å². The molecule has 2 N–H and O–H groups in total. The van der Waals surface area contributed by atoms with Gasteiger partial charge in [0.15, 0.2) is 0 Å². The molecule has 0 aromatic heterocycles. The molecule has 86 valence electrons. The fourth-order valence-electron chi connectivity index (χ4n) is 1.70. The SMILES string of the molecule is NC(C1=CCCCO1)c1cc(Cl)ccc1F. The van der Waals surface area contributed by atoms with E-state index in [2.05, 4.69) is 0 Å². The highest BCUT2D eigenvalue weighted by Crippen LogP contribution is 2.27. The first-order chi connectivity index (χ1) is 7.68. The summed E-state index contributed by atoms with van der Waals surface area (Å²) in [5.74, 6) is 0.277. The Morgan fingerprint density at radius 1 is 1.44 bits per heavy atom. The predicted molar refractivity (Wildman–Crippen MR) is 61.6 cm³/mol. The number of nitrogens with two attached hydrogens (primary N) is 1. The third kappa shape index (κ3) is 2.36. The molecule has 1 unspecified atom stereocenters. The Morgan fingerprint density at radius 2 is 2.25 bits per heavy atom. The molecule has 0 saturated heterocycles. The molecule has 1 aromatic rings. The zero-order valence-corrected chi connectivity index (χ0v) is 9.51. The first kappa shape index (κ1) is 11.4. The zero-order chi connectivity index (χ0) is 11.5. The summed E-state index contributed by atoms with van der Waals surface area (Å²) in [7, 11) is 0. The highest BCUT2D eigenvalue weighted by atomic mass is 35.5. The van der Waals surface area contributed by atoms with Crippen LogP contribution in [0.15, 0.2) is 30.0 Å². The van der Waals surface area contributed by atoms with Crippen LogP contribution in [0.5, 0.6) is 0 Å². The van der Waals surface area contributed by atoms with E-state index in [9.17, 15) is 4.39 Å². The Hall–Kier alpha value is -1.06. The van der Waals surface area contributed by atoms with Crippen LogP contribution in [-0.2, 0) is 4.74 Å². The normalized spacial score (nSPS) is 17.6. The van der Waals surface area contributed by atoms with E-state index in [0.29, 0.717) is 23.0 Å². The van der Waals surface area contributed by atoms with Crippen molar-refractivity contribution in [2.75, 3.05) is 6.61 Å². The van der Waals surface area contributed by atoms with Gasteiger partial charge in [0.25, 0.3) is 0 Å². The van der Waals surface area contributed by atoms with Crippen molar-refractivity contribution in [2.45, 2.75) is 18.9 Å². The molecule has 0 bridgehead atoms. The number of hydrogen-bond donors (Lipinski definition) is 1. The average molecular weight is 242 g/mol. The summed E-state index contributed by atoms with van der Waals surface area (Å²) in [4.78, 5) is 0. The summed E-state index contributed by atoms with van der Waals surface area (Å²) >= 11 is 5.82. The minimum atomic E-state index is -0.570. The Balaban J connectivity index is 2.29. The van der Waals surface area contributed by atoms with Gasteiger partial charge in [0.2, 0.25) is 0 Å². The Bertz CT molecular complexity index is 419. The zero-order valence-electron chi connectivity index (χ0n) is 8.75. The number of rotatable bonds is 2. The molecule has 1 aliphatic heterocycles. The van der Waals surface area contributed by atoms with Crippen LogP contribution >= 0.6 is 11.6 Å². The van der Waals surface area contributed by atoms with E-state index in [1.165, 1.54) is 12.1 Å². The standard InChI is InChI=1S/C12H13ClFNO/c13-8-4-5-10(14)9(7-8)12(15)11-3-1-2-6-16-11/h3-5,7,12H,1-2,6,15H2. The fourth-order valence-corrected chi connectivity index (χ4v) is 1.88. The summed E-state index contributed by atoms with van der Waals surface area (Å²) in [6, 6.07) is 3.80. The molecule has 0 aliphatic carbocycles. The van der Waals surface area contributed by atoms with E-state index >= 15 is 0 Å². The predicted octanol–water partition coefficient (Wildman–Crippen LogP) is 3.17. The van der Waals surface area contributed by atoms with E-state index in [-0.39, 0.29) is 5.82 Å². The van der Waals surface area contributed by atoms with Crippen LogP contribution < -0.4 is 5.73 Å². The molecule has 0 saturated carbocycles. The van der Waals surface area contributed by atoms with Gasteiger partial charge in [0.05, 0.1) is 12.6 Å². The van der Waals surface area contributed by atoms with E-state index in [4.69, 9.17) is 22.1 Å². The lowest BCUT2D eigenvalue weighted by molar-refractivity contribution is 0.175. The topological polar surface area (TPSA) is 35.2 Å². The van der Waals surface area contributed by atoms with Crippen molar-refractivity contribution >= 4 is 11.6 Å². The lowest BCUT2D eigenvalue weighted by Gasteiger charge is -2.21. The highest BCUT2D eigenvalue weighted by molar-refractivity contribution is 6.30. The summed E-state index contributed by atoms with van der Waals surface area (Å²) in [6.45, 7) is 0.641. The molecule has 2 nitrogen and oxygen atoms in total. The van der Waals surface area contributed by atoms with Crippen LogP contribution in [-0.4, -0.2) is 6.61 Å². The second-order valence-electron chi connectivity index (χ2n) is 3.74. The second-order valence-corrected chi connectivity index (χ2v) is 4.18. The Kier molecular flexibility index (Phi) is 3.46. The molecular formula is C12H13ClFNO. The van der Waals surface area contributed by atoms with Crippen molar-refractivity contribution in [2.24, 2.45) is 5.73 Å². The minimum absolute atomic E-state index is 0.355. The molecule has 16 heavy (non-hydrogen) atoms. The smallest absolute Gasteiger partial charge is 0.128 e. The quantitative estimate of drug-likeness (QED) is 0.863. The molecule has 0 radical (unpaired) electrons. The van der Waals surface area contributed by atoms with Crippen LogP contribution in [0.25, 0.3) is 0 Å². The van der Waals surface area contributed by atoms with Gasteiger partial charge in [-0.1, -0.05) is 11.6 Å². The number of hydrogen-bond acceptors (Lipinski definition) is 2. The minimum Gasteiger partial charge on any atom is -0.496 e. The average Bonchev–Trinajstić information content (AvgIpc) is 2.32. The number of halogens is 2. The lowest BCUT2D eigenvalue weighted by Crippen LogP contribution is -2.19. The third-order valence-corrected chi connectivity index (χ3v) is 2.80. The van der Waals surface area contributed by atoms with E-state index in [1.807, 2.05) is 6.08 Å². The largest absolute Gasteiger partial charge is 0.496 e. The van der Waals surface area contributed by atoms with Gasteiger partial charge >= 0.3 is 0 Å². The van der Waals surface area contributed by atoms with Gasteiger partial charge in [-0.15, -0.1) is 0 Å². The number of benzene rings is 1. The molecule has 1 heterocycles. The van der Waals surface area contributed by atoms with Gasteiger partial charge in [-0.25, -0.2) is 4.39 Å². The van der Waals surface area contributed by atoms with Crippen molar-refractivity contribution in [1.82, 2.24) is 0 Å². The van der Waals surface area contributed by atoms with Gasteiger partial charge in [0, 0.05) is 10.6 Å². The summed E-state index contributed by atoms with van der Waals surface area (Å²) in [6.07, 6.45) is 3.81. The molecular weight excluding hydrogens is 229 g/mol. The number of ether oxygens (including phenoxy) is 1. The molecule has 1 aliphatic rings. The Labute approximate surface area is 98.8 Å². The molecule has 0 spiro atoms. The monoisotopic (exact) mass is 241 g/mol. The molecule has 2 rings (SSSR count). The maximum Gasteiger partial charge on any atom is 0.128 e. The van der Waals surface area contributed by atoms with Crippen LogP contribution in [0.3, 0.4) is 0 Å². The van der Waals surface area contributed by atoms with Crippen molar-refractivity contribution in [3.05, 3.63) is 46.4 Å². The summed E-state index contributed by atoms with van der Waals surface area (Å²) in [5, 5.41) is 0.475. The molecule has 1 atom stereocenters. The van der Waals surface area contributed by atoms with Gasteiger partial charge in [0.1, 0.15) is 11.6 Å². The van der Waals surface area contributed by atoms with Gasteiger partial charge < -0.3 is 10.5 Å². The van der Waals surface area contributed by atoms with Crippen LogP contribution in [0.2, 0.25) is 5.02 Å². The summed E-state index contributed by atoms with van der Waals surface area (Å²) < 4.78 is 19.0. The molecule has 1 aromatic carbocycles. The van der Waals surface area contributed by atoms with Gasteiger partial charge in [-0.2, -0.15) is 0 Å². The molecule has 4 heteroatoms. The first-order valence-corrected chi connectivity index (χ1v) is 5.59. The maximum atomic E-state index is 13.6. The molecule has 0 fully saturated rings. The third-order valence-electron chi connectivity index (χ3n) is 2.56. The van der Waals surface area contributed by atoms with Crippen LogP contribution in [0.4, 0.5) is 4.39 Å². The van der Waals surface area contributed by atoms with Crippen LogP contribution in [0.1, 0.15) is 24.4 Å². The molecule has 0 amide bonds. The van der Waals surface area contributed by atoms with E-state index in [0.717, 1.165) is 12.8 Å². The first-order valence-electron chi connectivity index (χ1n) is 5.22. The maximum absolute atomic E-state index is 13.6. The summed E-state index contributed by atoms with van der Waals surface area (Å²) in [5.41, 5.74) is 6.32.